The fourth-order valence-corrected chi connectivity index (χ4v) is 3.19. The molecule has 0 aliphatic rings. The molecule has 21 heavy (non-hydrogen) atoms. The van der Waals surface area contributed by atoms with Crippen LogP contribution in [0.3, 0.4) is 0 Å². The van der Waals surface area contributed by atoms with Gasteiger partial charge in [0.2, 0.25) is 0 Å². The zero-order valence-corrected chi connectivity index (χ0v) is 15.6. The molecule has 0 spiro atoms. The molecule has 0 aromatic heterocycles. The first-order chi connectivity index (χ1) is 10.1. The smallest absolute Gasteiger partial charge is 0.256 e. The number of nitrogens with one attached hydrogen (secondary N) is 1. The van der Waals surface area contributed by atoms with Gasteiger partial charge in [0.05, 0.1) is 11.3 Å². The number of aryl methyl sites for hydroxylation is 1. The van der Waals surface area contributed by atoms with E-state index in [4.69, 9.17) is 0 Å². The molecule has 2 nitrogen and oxygen atoms in total. The lowest BCUT2D eigenvalue weighted by molar-refractivity contribution is 0.102. The van der Waals surface area contributed by atoms with Crippen molar-refractivity contribution in [3.8, 4) is 0 Å². The number of hydrogen-bond acceptors (Lipinski definition) is 1. The van der Waals surface area contributed by atoms with Gasteiger partial charge in [-0.1, -0.05) is 31.5 Å². The Hall–Kier alpha value is -0.880. The van der Waals surface area contributed by atoms with E-state index in [-0.39, 0.29) is 5.91 Å². The SMILES string of the molecule is CCCCc1ccc(NC(=O)c2ccccc2I)c(Br)c1. The lowest BCUT2D eigenvalue weighted by Crippen LogP contribution is -2.13. The molecule has 110 valence electrons. The van der Waals surface area contributed by atoms with Crippen LogP contribution in [0, 0.1) is 3.57 Å². The molecule has 1 amide bonds. The minimum absolute atomic E-state index is 0.0815. The highest BCUT2D eigenvalue weighted by atomic mass is 127. The Balaban J connectivity index is 2.13. The van der Waals surface area contributed by atoms with Crippen LogP contribution in [-0.4, -0.2) is 5.91 Å². The molecule has 0 unspecified atom stereocenters. The number of carbonyl (C=O) groups excluding carboxylic acids is 1. The number of benzene rings is 2. The van der Waals surface area contributed by atoms with E-state index in [1.165, 1.54) is 18.4 Å². The Morgan fingerprint density at radius 2 is 2.00 bits per heavy atom. The molecule has 2 aromatic rings. The van der Waals surface area contributed by atoms with Crippen molar-refractivity contribution in [1.29, 1.82) is 0 Å². The van der Waals surface area contributed by atoms with Gasteiger partial charge in [-0.05, 0) is 81.2 Å². The van der Waals surface area contributed by atoms with E-state index in [9.17, 15) is 4.79 Å². The molecule has 1 N–H and O–H groups in total. The van der Waals surface area contributed by atoms with Gasteiger partial charge in [-0.15, -0.1) is 0 Å². The molecule has 0 aliphatic heterocycles. The van der Waals surface area contributed by atoms with Crippen LogP contribution in [-0.2, 0) is 6.42 Å². The molecule has 0 heterocycles. The van der Waals surface area contributed by atoms with E-state index in [0.717, 1.165) is 20.2 Å². The van der Waals surface area contributed by atoms with E-state index in [2.05, 4.69) is 62.9 Å². The van der Waals surface area contributed by atoms with E-state index in [1.807, 2.05) is 30.3 Å². The third kappa shape index (κ3) is 4.54. The zero-order valence-electron chi connectivity index (χ0n) is 11.8. The fraction of sp³-hybridized carbons (Fsp3) is 0.235. The standard InChI is InChI=1S/C17H17BrINO/c1-2-3-6-12-9-10-16(14(18)11-12)20-17(21)13-7-4-5-8-15(13)19/h4-5,7-11H,2-3,6H2,1H3,(H,20,21). The number of anilines is 1. The van der Waals surface area contributed by atoms with Crippen molar-refractivity contribution >= 4 is 50.1 Å². The molecule has 0 aliphatic carbocycles. The van der Waals surface area contributed by atoms with Gasteiger partial charge in [0, 0.05) is 8.04 Å². The Kier molecular flexibility index (Phi) is 6.23. The summed E-state index contributed by atoms with van der Waals surface area (Å²) in [7, 11) is 0. The van der Waals surface area contributed by atoms with Crippen LogP contribution < -0.4 is 5.32 Å². The summed E-state index contributed by atoms with van der Waals surface area (Å²) in [6, 6.07) is 13.7. The summed E-state index contributed by atoms with van der Waals surface area (Å²) in [6.07, 6.45) is 3.43. The van der Waals surface area contributed by atoms with E-state index < -0.39 is 0 Å². The largest absolute Gasteiger partial charge is 0.321 e. The van der Waals surface area contributed by atoms with Crippen molar-refractivity contribution < 1.29 is 4.79 Å². The van der Waals surface area contributed by atoms with Gasteiger partial charge in [0.25, 0.3) is 5.91 Å². The van der Waals surface area contributed by atoms with E-state index in [1.54, 1.807) is 0 Å². The molecule has 0 fully saturated rings. The second kappa shape index (κ2) is 7.94. The lowest BCUT2D eigenvalue weighted by Gasteiger charge is -2.10. The van der Waals surface area contributed by atoms with Crippen LogP contribution in [0.5, 0.6) is 0 Å². The third-order valence-electron chi connectivity index (χ3n) is 3.22. The average Bonchev–Trinajstić information content (AvgIpc) is 2.48. The Bertz CT molecular complexity index is 642. The predicted molar refractivity (Wildman–Crippen MR) is 99.9 cm³/mol. The third-order valence-corrected chi connectivity index (χ3v) is 4.82. The number of rotatable bonds is 5. The molecular formula is C17H17BrINO. The molecule has 0 bridgehead atoms. The molecule has 2 aromatic carbocycles. The van der Waals surface area contributed by atoms with Gasteiger partial charge in [0.15, 0.2) is 0 Å². The summed E-state index contributed by atoms with van der Waals surface area (Å²) in [4.78, 5) is 12.3. The van der Waals surface area contributed by atoms with Gasteiger partial charge >= 0.3 is 0 Å². The minimum Gasteiger partial charge on any atom is -0.321 e. The van der Waals surface area contributed by atoms with Crippen molar-refractivity contribution in [2.45, 2.75) is 26.2 Å². The first-order valence-electron chi connectivity index (χ1n) is 6.96. The monoisotopic (exact) mass is 457 g/mol. The second-order valence-corrected chi connectivity index (χ2v) is 6.87. The normalized spacial score (nSPS) is 10.4. The molecule has 0 radical (unpaired) electrons. The summed E-state index contributed by atoms with van der Waals surface area (Å²) in [5, 5.41) is 2.96. The number of unbranched alkanes of at least 4 members (excludes halogenated alkanes) is 1. The Labute approximate surface area is 147 Å². The summed E-state index contributed by atoms with van der Waals surface area (Å²) in [6.45, 7) is 2.19. The van der Waals surface area contributed by atoms with Gasteiger partial charge in [-0.3, -0.25) is 4.79 Å². The quantitative estimate of drug-likeness (QED) is 0.577. The van der Waals surface area contributed by atoms with Crippen molar-refractivity contribution in [3.05, 3.63) is 61.6 Å². The Morgan fingerprint density at radius 3 is 2.67 bits per heavy atom. The highest BCUT2D eigenvalue weighted by Gasteiger charge is 2.11. The molecule has 0 saturated heterocycles. The van der Waals surface area contributed by atoms with E-state index in [0.29, 0.717) is 5.56 Å². The van der Waals surface area contributed by atoms with Crippen LogP contribution in [0.25, 0.3) is 0 Å². The highest BCUT2D eigenvalue weighted by Crippen LogP contribution is 2.25. The molecule has 4 heteroatoms. The predicted octanol–water partition coefficient (Wildman–Crippen LogP) is 5.65. The maximum Gasteiger partial charge on any atom is 0.256 e. The maximum atomic E-state index is 12.3. The Morgan fingerprint density at radius 1 is 1.24 bits per heavy atom. The van der Waals surface area contributed by atoms with Crippen LogP contribution >= 0.6 is 38.5 Å². The first-order valence-corrected chi connectivity index (χ1v) is 8.83. The van der Waals surface area contributed by atoms with Gasteiger partial charge < -0.3 is 5.32 Å². The summed E-state index contributed by atoms with van der Waals surface area (Å²) in [5.74, 6) is -0.0815. The number of halogens is 2. The van der Waals surface area contributed by atoms with Crippen molar-refractivity contribution in [3.63, 3.8) is 0 Å². The summed E-state index contributed by atoms with van der Waals surface area (Å²) < 4.78 is 1.87. The van der Waals surface area contributed by atoms with Gasteiger partial charge in [-0.25, -0.2) is 0 Å². The van der Waals surface area contributed by atoms with Crippen LogP contribution in [0.1, 0.15) is 35.7 Å². The zero-order chi connectivity index (χ0) is 15.2. The van der Waals surface area contributed by atoms with Gasteiger partial charge in [0.1, 0.15) is 0 Å². The highest BCUT2D eigenvalue weighted by molar-refractivity contribution is 14.1. The van der Waals surface area contributed by atoms with Crippen LogP contribution in [0.4, 0.5) is 5.69 Å². The fourth-order valence-electron chi connectivity index (χ4n) is 2.03. The second-order valence-electron chi connectivity index (χ2n) is 4.85. The number of carbonyl (C=O) groups is 1. The topological polar surface area (TPSA) is 29.1 Å². The van der Waals surface area contributed by atoms with Gasteiger partial charge in [-0.2, -0.15) is 0 Å². The average molecular weight is 458 g/mol. The lowest BCUT2D eigenvalue weighted by atomic mass is 10.1. The summed E-state index contributed by atoms with van der Waals surface area (Å²) >= 11 is 5.72. The molecule has 0 atom stereocenters. The van der Waals surface area contributed by atoms with Crippen molar-refractivity contribution in [2.24, 2.45) is 0 Å². The maximum absolute atomic E-state index is 12.3. The van der Waals surface area contributed by atoms with Crippen LogP contribution in [0.2, 0.25) is 0 Å². The molecular weight excluding hydrogens is 441 g/mol. The minimum atomic E-state index is -0.0815. The molecule has 2 rings (SSSR count). The summed E-state index contributed by atoms with van der Waals surface area (Å²) in [5.41, 5.74) is 2.79. The van der Waals surface area contributed by atoms with Crippen molar-refractivity contribution in [2.75, 3.05) is 5.32 Å². The number of hydrogen-bond donors (Lipinski definition) is 1. The number of amides is 1. The first kappa shape index (κ1) is 16.5. The molecule has 0 saturated carbocycles. The van der Waals surface area contributed by atoms with Crippen LogP contribution in [0.15, 0.2) is 46.9 Å². The van der Waals surface area contributed by atoms with E-state index >= 15 is 0 Å². The van der Waals surface area contributed by atoms with Crippen molar-refractivity contribution in [1.82, 2.24) is 0 Å².